The number of hydrogen-bond acceptors (Lipinski definition) is 5. The SMILES string of the molecule is COC(=O)C(Nc1ccccn1)(OC)C(F)(F)F. The zero-order chi connectivity index (χ0) is 13.8. The van der Waals surface area contributed by atoms with E-state index in [9.17, 15) is 18.0 Å². The lowest BCUT2D eigenvalue weighted by molar-refractivity contribution is -0.259. The number of aromatic nitrogens is 1. The van der Waals surface area contributed by atoms with Gasteiger partial charge in [0.05, 0.1) is 7.11 Å². The molecule has 0 saturated carbocycles. The van der Waals surface area contributed by atoms with Gasteiger partial charge in [-0.1, -0.05) is 6.07 Å². The van der Waals surface area contributed by atoms with Crippen LogP contribution in [0.15, 0.2) is 24.4 Å². The van der Waals surface area contributed by atoms with Crippen LogP contribution in [0.1, 0.15) is 0 Å². The van der Waals surface area contributed by atoms with Gasteiger partial charge in [-0.2, -0.15) is 13.2 Å². The first-order chi connectivity index (χ1) is 8.37. The smallest absolute Gasteiger partial charge is 0.448 e. The number of methoxy groups -OCH3 is 2. The van der Waals surface area contributed by atoms with Gasteiger partial charge in [-0.3, -0.25) is 0 Å². The molecular formula is C10H11F3N2O3. The number of nitrogens with one attached hydrogen (secondary N) is 1. The van der Waals surface area contributed by atoms with Gasteiger partial charge in [0.1, 0.15) is 5.82 Å². The van der Waals surface area contributed by atoms with Gasteiger partial charge in [0.15, 0.2) is 0 Å². The Kier molecular flexibility index (Phi) is 4.12. The number of nitrogens with zero attached hydrogens (tertiary/aromatic N) is 1. The number of hydrogen-bond donors (Lipinski definition) is 1. The first-order valence-corrected chi connectivity index (χ1v) is 4.77. The van der Waals surface area contributed by atoms with Crippen molar-refractivity contribution in [3.05, 3.63) is 24.4 Å². The zero-order valence-corrected chi connectivity index (χ0v) is 9.62. The van der Waals surface area contributed by atoms with Gasteiger partial charge in [-0.05, 0) is 12.1 Å². The van der Waals surface area contributed by atoms with Gasteiger partial charge >= 0.3 is 17.9 Å². The van der Waals surface area contributed by atoms with Gasteiger partial charge in [0, 0.05) is 13.3 Å². The Labute approximate surface area is 101 Å². The maximum absolute atomic E-state index is 13.0. The van der Waals surface area contributed by atoms with Crippen LogP contribution in [0.3, 0.4) is 0 Å². The van der Waals surface area contributed by atoms with E-state index in [1.165, 1.54) is 24.4 Å². The summed E-state index contributed by atoms with van der Waals surface area (Å²) in [7, 11) is 1.59. The van der Waals surface area contributed by atoms with Crippen molar-refractivity contribution in [3.63, 3.8) is 0 Å². The maximum Gasteiger partial charge on any atom is 0.448 e. The molecule has 8 heteroatoms. The van der Waals surface area contributed by atoms with E-state index in [-0.39, 0.29) is 5.82 Å². The Bertz CT molecular complexity index is 411. The Morgan fingerprint density at radius 3 is 2.39 bits per heavy atom. The van der Waals surface area contributed by atoms with E-state index in [1.54, 1.807) is 0 Å². The minimum absolute atomic E-state index is 0.165. The van der Waals surface area contributed by atoms with Crippen LogP contribution in [0.5, 0.6) is 0 Å². The lowest BCUT2D eigenvalue weighted by atomic mass is 10.2. The van der Waals surface area contributed by atoms with E-state index in [0.717, 1.165) is 14.2 Å². The van der Waals surface area contributed by atoms with Crippen LogP contribution >= 0.6 is 0 Å². The summed E-state index contributed by atoms with van der Waals surface area (Å²) in [5.74, 6) is -1.77. The monoisotopic (exact) mass is 264 g/mol. The second kappa shape index (κ2) is 5.21. The third kappa shape index (κ3) is 2.53. The molecule has 0 aromatic carbocycles. The molecule has 5 nitrogen and oxygen atoms in total. The Hall–Kier alpha value is -1.83. The topological polar surface area (TPSA) is 60.5 Å². The molecule has 1 rings (SSSR count). The highest BCUT2D eigenvalue weighted by Crippen LogP contribution is 2.34. The molecule has 1 unspecified atom stereocenters. The number of rotatable bonds is 4. The highest BCUT2D eigenvalue weighted by molar-refractivity contribution is 5.83. The minimum atomic E-state index is -5.01. The predicted octanol–water partition coefficient (Wildman–Crippen LogP) is 1.57. The average Bonchev–Trinajstić information content (AvgIpc) is 2.34. The number of ether oxygens (including phenoxy) is 2. The number of alkyl halides is 3. The summed E-state index contributed by atoms with van der Waals surface area (Å²) in [6, 6.07) is 4.25. The number of carbonyl (C=O) groups excluding carboxylic acids is 1. The van der Waals surface area contributed by atoms with E-state index in [4.69, 9.17) is 0 Å². The van der Waals surface area contributed by atoms with Crippen molar-refractivity contribution in [2.24, 2.45) is 0 Å². The Morgan fingerprint density at radius 2 is 2.00 bits per heavy atom. The molecule has 0 saturated heterocycles. The van der Waals surface area contributed by atoms with Crippen LogP contribution < -0.4 is 5.32 Å². The van der Waals surface area contributed by atoms with Crippen molar-refractivity contribution in [1.82, 2.24) is 4.98 Å². The van der Waals surface area contributed by atoms with E-state index < -0.39 is 17.9 Å². The van der Waals surface area contributed by atoms with Crippen LogP contribution in [0.2, 0.25) is 0 Å². The molecule has 0 aliphatic heterocycles. The first kappa shape index (κ1) is 14.2. The van der Waals surface area contributed by atoms with E-state index in [2.05, 4.69) is 14.5 Å². The molecule has 1 atom stereocenters. The highest BCUT2D eigenvalue weighted by Gasteiger charge is 2.63. The molecule has 100 valence electrons. The van der Waals surface area contributed by atoms with Gasteiger partial charge in [0.2, 0.25) is 0 Å². The molecule has 1 aromatic heterocycles. The number of esters is 1. The number of halogens is 3. The molecule has 18 heavy (non-hydrogen) atoms. The van der Waals surface area contributed by atoms with E-state index in [0.29, 0.717) is 0 Å². The minimum Gasteiger partial charge on any atom is -0.465 e. The average molecular weight is 264 g/mol. The van der Waals surface area contributed by atoms with Gasteiger partial charge in [-0.25, -0.2) is 9.78 Å². The maximum atomic E-state index is 13.0. The van der Waals surface area contributed by atoms with Crippen LogP contribution in [-0.2, 0) is 14.3 Å². The summed E-state index contributed by atoms with van der Waals surface area (Å²) >= 11 is 0. The largest absolute Gasteiger partial charge is 0.465 e. The molecule has 0 bridgehead atoms. The molecule has 0 radical (unpaired) electrons. The predicted molar refractivity (Wildman–Crippen MR) is 55.7 cm³/mol. The van der Waals surface area contributed by atoms with Crippen LogP contribution in [-0.4, -0.2) is 37.1 Å². The normalized spacial score (nSPS) is 14.7. The van der Waals surface area contributed by atoms with Crippen molar-refractivity contribution in [1.29, 1.82) is 0 Å². The fourth-order valence-electron chi connectivity index (χ4n) is 1.25. The Morgan fingerprint density at radius 1 is 1.33 bits per heavy atom. The highest BCUT2D eigenvalue weighted by atomic mass is 19.4. The van der Waals surface area contributed by atoms with Gasteiger partial charge < -0.3 is 14.8 Å². The standard InChI is InChI=1S/C10H11F3N2O3/c1-17-8(16)9(18-2,10(11,12)13)15-7-5-3-4-6-14-7/h3-6H,1-2H3,(H,14,15). The summed E-state index contributed by atoms with van der Waals surface area (Å²) in [5, 5.41) is 1.90. The zero-order valence-electron chi connectivity index (χ0n) is 9.62. The Balaban J connectivity index is 3.16. The van der Waals surface area contributed by atoms with Gasteiger partial charge in [-0.15, -0.1) is 0 Å². The van der Waals surface area contributed by atoms with E-state index in [1.807, 2.05) is 5.32 Å². The van der Waals surface area contributed by atoms with Crippen LogP contribution in [0, 0.1) is 0 Å². The van der Waals surface area contributed by atoms with Gasteiger partial charge in [0.25, 0.3) is 0 Å². The molecule has 1 N–H and O–H groups in total. The fraction of sp³-hybridized carbons (Fsp3) is 0.400. The number of pyridine rings is 1. The lowest BCUT2D eigenvalue weighted by Crippen LogP contribution is -2.60. The molecule has 1 aromatic rings. The van der Waals surface area contributed by atoms with Crippen molar-refractivity contribution in [2.45, 2.75) is 11.9 Å². The van der Waals surface area contributed by atoms with Crippen molar-refractivity contribution < 1.29 is 27.4 Å². The van der Waals surface area contributed by atoms with E-state index >= 15 is 0 Å². The molecule has 0 amide bonds. The summed E-state index contributed by atoms with van der Waals surface area (Å²) < 4.78 is 47.4. The number of carbonyl (C=O) groups is 1. The number of anilines is 1. The summed E-state index contributed by atoms with van der Waals surface area (Å²) in [6.45, 7) is 0. The summed E-state index contributed by atoms with van der Waals surface area (Å²) in [4.78, 5) is 15.0. The fourth-order valence-corrected chi connectivity index (χ4v) is 1.25. The molecule has 0 aliphatic carbocycles. The van der Waals surface area contributed by atoms with Crippen LogP contribution in [0.25, 0.3) is 0 Å². The van der Waals surface area contributed by atoms with Crippen molar-refractivity contribution in [2.75, 3.05) is 19.5 Å². The summed E-state index contributed by atoms with van der Waals surface area (Å²) in [5.41, 5.74) is -3.28. The first-order valence-electron chi connectivity index (χ1n) is 4.77. The van der Waals surface area contributed by atoms with Crippen molar-refractivity contribution >= 4 is 11.8 Å². The molecule has 0 aliphatic rings. The third-order valence-corrected chi connectivity index (χ3v) is 2.15. The second-order valence-electron chi connectivity index (χ2n) is 3.21. The third-order valence-electron chi connectivity index (χ3n) is 2.15. The van der Waals surface area contributed by atoms with Crippen LogP contribution in [0.4, 0.5) is 19.0 Å². The molecule has 0 spiro atoms. The molecule has 1 heterocycles. The quantitative estimate of drug-likeness (QED) is 0.660. The molecule has 0 fully saturated rings. The molecular weight excluding hydrogens is 253 g/mol. The second-order valence-corrected chi connectivity index (χ2v) is 3.21. The van der Waals surface area contributed by atoms with Crippen molar-refractivity contribution in [3.8, 4) is 0 Å². The summed E-state index contributed by atoms with van der Waals surface area (Å²) in [6.07, 6.45) is -3.73. The lowest BCUT2D eigenvalue weighted by Gasteiger charge is -2.32.